The van der Waals surface area contributed by atoms with E-state index in [2.05, 4.69) is 10.0 Å². The van der Waals surface area contributed by atoms with Gasteiger partial charge >= 0.3 is 0 Å². The van der Waals surface area contributed by atoms with Gasteiger partial charge in [0.05, 0.1) is 4.90 Å². The number of carbonyl (C=O) groups excluding carboxylic acids is 3. The number of sulfonamides is 1. The summed E-state index contributed by atoms with van der Waals surface area (Å²) in [5, 5.41) is 2.58. The minimum Gasteiger partial charge on any atom is -0.342 e. The van der Waals surface area contributed by atoms with Crippen molar-refractivity contribution in [1.29, 1.82) is 0 Å². The number of piperazine rings is 1. The zero-order valence-electron chi connectivity index (χ0n) is 17.1. The van der Waals surface area contributed by atoms with Gasteiger partial charge in [-0.2, -0.15) is 0 Å². The van der Waals surface area contributed by atoms with Crippen LogP contribution in [0, 0.1) is 0 Å². The molecule has 9 nitrogen and oxygen atoms in total. The first-order chi connectivity index (χ1) is 14.8. The van der Waals surface area contributed by atoms with E-state index in [1.54, 1.807) is 34.1 Å². The number of carbonyl (C=O) groups is 3. The molecule has 0 saturated carbocycles. The van der Waals surface area contributed by atoms with Crippen LogP contribution >= 0.6 is 0 Å². The smallest absolute Gasteiger partial charge is 0.253 e. The topological polar surface area (TPSA) is 116 Å². The molecule has 2 aromatic rings. The fourth-order valence-electron chi connectivity index (χ4n) is 3.16. The van der Waals surface area contributed by atoms with Crippen LogP contribution in [0.2, 0.25) is 0 Å². The molecule has 164 valence electrons. The Morgan fingerprint density at radius 1 is 0.968 bits per heavy atom. The molecule has 31 heavy (non-hydrogen) atoms. The van der Waals surface area contributed by atoms with E-state index < -0.39 is 10.0 Å². The van der Waals surface area contributed by atoms with Crippen molar-refractivity contribution in [3.05, 3.63) is 59.7 Å². The molecule has 0 aromatic heterocycles. The number of anilines is 1. The van der Waals surface area contributed by atoms with Crippen LogP contribution in [0.1, 0.15) is 22.8 Å². The first-order valence-electron chi connectivity index (χ1n) is 9.73. The number of rotatable bonds is 7. The van der Waals surface area contributed by atoms with Crippen molar-refractivity contribution in [2.45, 2.75) is 18.4 Å². The molecular formula is C21H24N4O5S. The summed E-state index contributed by atoms with van der Waals surface area (Å²) in [6.45, 7) is 3.45. The molecule has 0 unspecified atom stereocenters. The molecule has 1 heterocycles. The Kier molecular flexibility index (Phi) is 7.03. The van der Waals surface area contributed by atoms with Crippen molar-refractivity contribution in [2.24, 2.45) is 0 Å². The second-order valence-corrected chi connectivity index (χ2v) is 8.93. The Balaban J connectivity index is 1.57. The molecule has 2 N–H and O–H groups in total. The number of nitrogens with one attached hydrogen (secondary N) is 2. The minimum absolute atomic E-state index is 0.0717. The average Bonchev–Trinajstić information content (AvgIpc) is 2.78. The minimum atomic E-state index is -3.73. The number of nitrogens with zero attached hydrogens (tertiary/aromatic N) is 2. The molecule has 0 atom stereocenters. The van der Waals surface area contributed by atoms with Crippen LogP contribution in [0.5, 0.6) is 0 Å². The monoisotopic (exact) mass is 444 g/mol. The summed E-state index contributed by atoms with van der Waals surface area (Å²) >= 11 is 0. The Labute approximate surface area is 181 Å². The van der Waals surface area contributed by atoms with E-state index in [0.29, 0.717) is 43.0 Å². The van der Waals surface area contributed by atoms with Gasteiger partial charge in [-0.05, 0) is 42.0 Å². The molecule has 10 heteroatoms. The third-order valence-electron chi connectivity index (χ3n) is 4.90. The second kappa shape index (κ2) is 9.71. The highest BCUT2D eigenvalue weighted by Gasteiger charge is 2.21. The Bertz CT molecular complexity index is 1040. The normalized spacial score (nSPS) is 14.2. The van der Waals surface area contributed by atoms with Crippen molar-refractivity contribution in [1.82, 2.24) is 14.5 Å². The van der Waals surface area contributed by atoms with Gasteiger partial charge in [0.1, 0.15) is 0 Å². The van der Waals surface area contributed by atoms with Crippen molar-refractivity contribution in [2.75, 3.05) is 31.5 Å². The molecular weight excluding hydrogens is 420 g/mol. The summed E-state index contributed by atoms with van der Waals surface area (Å²) in [4.78, 5) is 37.8. The van der Waals surface area contributed by atoms with Crippen LogP contribution in [0.3, 0.4) is 0 Å². The Morgan fingerprint density at radius 2 is 1.58 bits per heavy atom. The van der Waals surface area contributed by atoms with E-state index in [-0.39, 0.29) is 23.3 Å². The van der Waals surface area contributed by atoms with E-state index in [1.807, 2.05) is 0 Å². The highest BCUT2D eigenvalue weighted by atomic mass is 32.2. The van der Waals surface area contributed by atoms with E-state index in [1.165, 1.54) is 31.2 Å². The molecule has 0 radical (unpaired) electrons. The quantitative estimate of drug-likeness (QED) is 0.619. The number of hydrogen-bond donors (Lipinski definition) is 2. The predicted molar refractivity (Wildman–Crippen MR) is 115 cm³/mol. The van der Waals surface area contributed by atoms with Crippen LogP contribution in [0.25, 0.3) is 0 Å². The summed E-state index contributed by atoms with van der Waals surface area (Å²) in [5.41, 5.74) is 1.74. The van der Waals surface area contributed by atoms with E-state index in [9.17, 15) is 22.8 Å². The van der Waals surface area contributed by atoms with Gasteiger partial charge in [-0.1, -0.05) is 12.1 Å². The van der Waals surface area contributed by atoms with Crippen LogP contribution in [0.15, 0.2) is 53.4 Å². The first kappa shape index (κ1) is 22.4. The number of benzene rings is 2. The van der Waals surface area contributed by atoms with E-state index >= 15 is 0 Å². The van der Waals surface area contributed by atoms with Gasteiger partial charge < -0.3 is 15.1 Å². The lowest BCUT2D eigenvalue weighted by Gasteiger charge is -2.32. The zero-order chi connectivity index (χ0) is 22.4. The molecule has 0 aliphatic carbocycles. The lowest BCUT2D eigenvalue weighted by atomic mass is 10.1. The summed E-state index contributed by atoms with van der Waals surface area (Å²) < 4.78 is 27.5. The molecule has 1 saturated heterocycles. The lowest BCUT2D eigenvalue weighted by Crippen LogP contribution is -2.48. The summed E-state index contributed by atoms with van der Waals surface area (Å²) in [7, 11) is -3.73. The second-order valence-electron chi connectivity index (χ2n) is 7.16. The van der Waals surface area contributed by atoms with Gasteiger partial charge in [-0.3, -0.25) is 14.4 Å². The maximum Gasteiger partial charge on any atom is 0.253 e. The molecule has 1 fully saturated rings. The fourth-order valence-corrected chi connectivity index (χ4v) is 4.18. The largest absolute Gasteiger partial charge is 0.342 e. The summed E-state index contributed by atoms with van der Waals surface area (Å²) in [6.07, 6.45) is 0.787. The molecule has 0 bridgehead atoms. The maximum absolute atomic E-state index is 12.6. The molecule has 3 amide bonds. The van der Waals surface area contributed by atoms with Crippen molar-refractivity contribution in [3.63, 3.8) is 0 Å². The molecule has 1 aliphatic heterocycles. The van der Waals surface area contributed by atoms with Gasteiger partial charge in [0, 0.05) is 50.9 Å². The maximum atomic E-state index is 12.6. The highest BCUT2D eigenvalue weighted by Crippen LogP contribution is 2.15. The van der Waals surface area contributed by atoms with Crippen LogP contribution in [0.4, 0.5) is 5.69 Å². The van der Waals surface area contributed by atoms with E-state index in [4.69, 9.17) is 0 Å². The third-order valence-corrected chi connectivity index (χ3v) is 6.32. The standard InChI is InChI=1S/C21H24N4O5S/c1-16(27)23-19-6-8-20(9-7-19)31(29,30)22-14-17-2-4-18(5-3-17)21(28)25-12-10-24(15-26)11-13-25/h2-9,15,22H,10-14H2,1H3,(H,23,27). The molecule has 3 rings (SSSR count). The van der Waals surface area contributed by atoms with Crippen LogP contribution < -0.4 is 10.0 Å². The SMILES string of the molecule is CC(=O)Nc1ccc(S(=O)(=O)NCc2ccc(C(=O)N3CCN(C=O)CC3)cc2)cc1. The highest BCUT2D eigenvalue weighted by molar-refractivity contribution is 7.89. The molecule has 1 aliphatic rings. The predicted octanol–water partition coefficient (Wildman–Crippen LogP) is 1.04. The van der Waals surface area contributed by atoms with Crippen molar-refractivity contribution < 1.29 is 22.8 Å². The zero-order valence-corrected chi connectivity index (χ0v) is 17.9. The average molecular weight is 445 g/mol. The molecule has 2 aromatic carbocycles. The van der Waals surface area contributed by atoms with Gasteiger partial charge in [0.25, 0.3) is 5.91 Å². The van der Waals surface area contributed by atoms with Crippen molar-refractivity contribution in [3.8, 4) is 0 Å². The first-order valence-corrected chi connectivity index (χ1v) is 11.2. The van der Waals surface area contributed by atoms with Crippen molar-refractivity contribution >= 4 is 33.9 Å². The van der Waals surface area contributed by atoms with Gasteiger partial charge in [0.15, 0.2) is 0 Å². The van der Waals surface area contributed by atoms with Gasteiger partial charge in [-0.15, -0.1) is 0 Å². The lowest BCUT2D eigenvalue weighted by molar-refractivity contribution is -0.119. The fraction of sp³-hybridized carbons (Fsp3) is 0.286. The molecule has 0 spiro atoms. The van der Waals surface area contributed by atoms with E-state index in [0.717, 1.165) is 6.41 Å². The summed E-state index contributed by atoms with van der Waals surface area (Å²) in [5.74, 6) is -0.351. The van der Waals surface area contributed by atoms with Crippen LogP contribution in [-0.4, -0.2) is 62.6 Å². The summed E-state index contributed by atoms with van der Waals surface area (Å²) in [6, 6.07) is 12.6. The number of amides is 3. The van der Waals surface area contributed by atoms with Crippen LogP contribution in [-0.2, 0) is 26.2 Å². The van der Waals surface area contributed by atoms with Gasteiger partial charge in [-0.25, -0.2) is 13.1 Å². The Morgan fingerprint density at radius 3 is 2.13 bits per heavy atom. The number of hydrogen-bond acceptors (Lipinski definition) is 5. The Hall–Kier alpha value is -3.24. The van der Waals surface area contributed by atoms with Gasteiger partial charge in [0.2, 0.25) is 22.3 Å². The third kappa shape index (κ3) is 5.89.